The van der Waals surface area contributed by atoms with E-state index in [1.165, 1.54) is 0 Å². The summed E-state index contributed by atoms with van der Waals surface area (Å²) in [5.74, 6) is 0.511. The van der Waals surface area contributed by atoms with E-state index >= 15 is 0 Å². The molecule has 2 N–H and O–H groups in total. The predicted octanol–water partition coefficient (Wildman–Crippen LogP) is 5.31. The highest BCUT2D eigenvalue weighted by atomic mass is 35.5. The van der Waals surface area contributed by atoms with Gasteiger partial charge in [-0.3, -0.25) is 4.79 Å². The summed E-state index contributed by atoms with van der Waals surface area (Å²) in [6.45, 7) is 0. The van der Waals surface area contributed by atoms with Gasteiger partial charge in [0.1, 0.15) is 5.82 Å². The topological polar surface area (TPSA) is 54.0 Å². The number of carbonyl (C=O) groups excluding carboxylic acids is 1. The molecule has 0 aliphatic heterocycles. The summed E-state index contributed by atoms with van der Waals surface area (Å²) in [5.41, 5.74) is 2.26. The first-order valence-electron chi connectivity index (χ1n) is 7.62. The second-order valence-corrected chi connectivity index (χ2v) is 6.24. The summed E-state index contributed by atoms with van der Waals surface area (Å²) >= 11 is 12.1. The average Bonchev–Trinajstić information content (AvgIpc) is 2.61. The highest BCUT2D eigenvalue weighted by molar-refractivity contribution is 6.35. The first-order chi connectivity index (χ1) is 12.1. The minimum Gasteiger partial charge on any atom is -0.339 e. The van der Waals surface area contributed by atoms with Crippen molar-refractivity contribution in [2.75, 3.05) is 10.6 Å². The van der Waals surface area contributed by atoms with E-state index in [-0.39, 0.29) is 5.91 Å². The quantitative estimate of drug-likeness (QED) is 0.638. The lowest BCUT2D eigenvalue weighted by Gasteiger charge is -2.09. The number of aromatic nitrogens is 1. The zero-order chi connectivity index (χ0) is 17.6. The molecule has 1 aromatic heterocycles. The number of anilines is 3. The van der Waals surface area contributed by atoms with E-state index in [9.17, 15) is 4.79 Å². The first-order valence-corrected chi connectivity index (χ1v) is 8.38. The van der Waals surface area contributed by atoms with Gasteiger partial charge in [-0.15, -0.1) is 0 Å². The van der Waals surface area contributed by atoms with E-state index in [1.54, 1.807) is 36.5 Å². The van der Waals surface area contributed by atoms with Gasteiger partial charge in [-0.05, 0) is 35.9 Å². The fourth-order valence-corrected chi connectivity index (χ4v) is 2.60. The zero-order valence-electron chi connectivity index (χ0n) is 13.2. The van der Waals surface area contributed by atoms with Gasteiger partial charge in [-0.1, -0.05) is 53.5 Å². The van der Waals surface area contributed by atoms with Crippen LogP contribution >= 0.6 is 23.2 Å². The van der Waals surface area contributed by atoms with Crippen LogP contribution in [-0.2, 0) is 11.2 Å². The largest absolute Gasteiger partial charge is 0.339 e. The van der Waals surface area contributed by atoms with E-state index in [2.05, 4.69) is 15.6 Å². The van der Waals surface area contributed by atoms with E-state index in [4.69, 9.17) is 23.2 Å². The van der Waals surface area contributed by atoms with Crippen molar-refractivity contribution in [3.8, 4) is 0 Å². The molecule has 0 saturated carbocycles. The van der Waals surface area contributed by atoms with E-state index in [0.29, 0.717) is 33.7 Å². The van der Waals surface area contributed by atoms with E-state index in [1.807, 2.05) is 30.3 Å². The van der Waals surface area contributed by atoms with Crippen molar-refractivity contribution < 1.29 is 4.79 Å². The third-order valence-corrected chi connectivity index (χ3v) is 4.01. The van der Waals surface area contributed by atoms with Gasteiger partial charge in [0.2, 0.25) is 5.91 Å². The van der Waals surface area contributed by atoms with Crippen LogP contribution in [-0.4, -0.2) is 10.9 Å². The van der Waals surface area contributed by atoms with Crippen LogP contribution in [0.2, 0.25) is 10.0 Å². The highest BCUT2D eigenvalue weighted by Gasteiger charge is 2.06. The fourth-order valence-electron chi connectivity index (χ4n) is 2.26. The average molecular weight is 372 g/mol. The van der Waals surface area contributed by atoms with Crippen LogP contribution in [0.4, 0.5) is 17.2 Å². The molecule has 126 valence electrons. The van der Waals surface area contributed by atoms with Crippen molar-refractivity contribution in [3.63, 3.8) is 0 Å². The number of nitrogens with zero attached hydrogens (tertiary/aromatic N) is 1. The van der Waals surface area contributed by atoms with Crippen LogP contribution < -0.4 is 10.6 Å². The van der Waals surface area contributed by atoms with Gasteiger partial charge in [0, 0.05) is 5.02 Å². The van der Waals surface area contributed by atoms with Crippen LogP contribution in [0.1, 0.15) is 5.56 Å². The maximum atomic E-state index is 12.1. The Bertz CT molecular complexity index is 868. The number of rotatable bonds is 5. The Morgan fingerprint density at radius 1 is 1.00 bits per heavy atom. The summed E-state index contributed by atoms with van der Waals surface area (Å²) in [6, 6.07) is 18.3. The molecule has 3 aromatic rings. The van der Waals surface area contributed by atoms with Gasteiger partial charge in [0.05, 0.1) is 29.0 Å². The summed E-state index contributed by atoms with van der Waals surface area (Å²) in [4.78, 5) is 16.3. The van der Waals surface area contributed by atoms with Gasteiger partial charge < -0.3 is 10.6 Å². The monoisotopic (exact) mass is 371 g/mol. The molecule has 0 aliphatic carbocycles. The predicted molar refractivity (Wildman–Crippen MR) is 103 cm³/mol. The fraction of sp³-hybridized carbons (Fsp3) is 0.0526. The Labute approximate surface area is 155 Å². The molecule has 25 heavy (non-hydrogen) atoms. The third kappa shape index (κ3) is 4.95. The van der Waals surface area contributed by atoms with Gasteiger partial charge in [0.25, 0.3) is 0 Å². The Morgan fingerprint density at radius 2 is 1.80 bits per heavy atom. The Balaban J connectivity index is 1.62. The minimum absolute atomic E-state index is 0.0911. The number of benzene rings is 2. The third-order valence-electron chi connectivity index (χ3n) is 3.45. The van der Waals surface area contributed by atoms with Crippen LogP contribution in [0.3, 0.4) is 0 Å². The van der Waals surface area contributed by atoms with E-state index < -0.39 is 0 Å². The molecular weight excluding hydrogens is 357 g/mol. The Kier molecular flexibility index (Phi) is 5.53. The van der Waals surface area contributed by atoms with Crippen molar-refractivity contribution in [2.45, 2.75) is 6.42 Å². The molecule has 4 nitrogen and oxygen atoms in total. The lowest BCUT2D eigenvalue weighted by Crippen LogP contribution is -2.14. The molecule has 1 amide bonds. The molecule has 0 atom stereocenters. The molecule has 2 aromatic carbocycles. The number of hydrogen-bond acceptors (Lipinski definition) is 3. The van der Waals surface area contributed by atoms with Crippen molar-refractivity contribution in [1.29, 1.82) is 0 Å². The molecule has 6 heteroatoms. The van der Waals surface area contributed by atoms with Crippen molar-refractivity contribution in [2.24, 2.45) is 0 Å². The van der Waals surface area contributed by atoms with E-state index in [0.717, 1.165) is 5.56 Å². The Hall–Kier alpha value is -2.56. The lowest BCUT2D eigenvalue weighted by molar-refractivity contribution is -0.115. The van der Waals surface area contributed by atoms with Crippen molar-refractivity contribution in [3.05, 3.63) is 82.5 Å². The number of hydrogen-bond donors (Lipinski definition) is 2. The van der Waals surface area contributed by atoms with Gasteiger partial charge in [0.15, 0.2) is 0 Å². The van der Waals surface area contributed by atoms with Crippen molar-refractivity contribution >= 4 is 46.3 Å². The lowest BCUT2D eigenvalue weighted by atomic mass is 10.1. The second-order valence-electron chi connectivity index (χ2n) is 5.39. The molecule has 0 saturated heterocycles. The molecule has 0 unspecified atom stereocenters. The number of carbonyl (C=O) groups is 1. The standard InChI is InChI=1S/C19H15Cl2N3O/c20-14-6-8-16(21)17(11-14)24-18-9-7-15(12-22-18)23-19(25)10-13-4-2-1-3-5-13/h1-9,11-12H,10H2,(H,22,24)(H,23,25). The summed E-state index contributed by atoms with van der Waals surface area (Å²) in [6.07, 6.45) is 1.91. The zero-order valence-corrected chi connectivity index (χ0v) is 14.7. The molecule has 1 heterocycles. The molecule has 0 spiro atoms. The molecular formula is C19H15Cl2N3O. The maximum absolute atomic E-state index is 12.1. The van der Waals surface area contributed by atoms with Crippen molar-refractivity contribution in [1.82, 2.24) is 4.98 Å². The number of nitrogens with one attached hydrogen (secondary N) is 2. The summed E-state index contributed by atoms with van der Waals surface area (Å²) in [7, 11) is 0. The number of halogens is 2. The smallest absolute Gasteiger partial charge is 0.228 e. The SMILES string of the molecule is O=C(Cc1ccccc1)Nc1ccc(Nc2cc(Cl)ccc2Cl)nc1. The molecule has 0 fully saturated rings. The van der Waals surface area contributed by atoms with Crippen LogP contribution in [0.5, 0.6) is 0 Å². The number of amides is 1. The summed E-state index contributed by atoms with van der Waals surface area (Å²) < 4.78 is 0. The van der Waals surface area contributed by atoms with Gasteiger partial charge in [-0.25, -0.2) is 4.98 Å². The van der Waals surface area contributed by atoms with Gasteiger partial charge in [-0.2, -0.15) is 0 Å². The van der Waals surface area contributed by atoms with Crippen LogP contribution in [0.15, 0.2) is 66.9 Å². The summed E-state index contributed by atoms with van der Waals surface area (Å²) in [5, 5.41) is 7.05. The number of pyridine rings is 1. The molecule has 0 radical (unpaired) electrons. The second kappa shape index (κ2) is 8.01. The molecule has 0 aliphatic rings. The van der Waals surface area contributed by atoms with Gasteiger partial charge >= 0.3 is 0 Å². The highest BCUT2D eigenvalue weighted by Crippen LogP contribution is 2.28. The Morgan fingerprint density at radius 3 is 2.52 bits per heavy atom. The molecule has 0 bridgehead atoms. The normalized spacial score (nSPS) is 10.3. The molecule has 3 rings (SSSR count). The minimum atomic E-state index is -0.0911. The van der Waals surface area contributed by atoms with Crippen LogP contribution in [0.25, 0.3) is 0 Å². The maximum Gasteiger partial charge on any atom is 0.228 e. The first kappa shape index (κ1) is 17.3. The van der Waals surface area contributed by atoms with Crippen LogP contribution in [0, 0.1) is 0 Å².